The highest BCUT2D eigenvalue weighted by Gasteiger charge is 2.32. The van der Waals surface area contributed by atoms with Crippen LogP contribution in [0.3, 0.4) is 0 Å². The number of alkyl halides is 1. The zero-order chi connectivity index (χ0) is 14.8. The van der Waals surface area contributed by atoms with Crippen LogP contribution in [-0.2, 0) is 21.5 Å². The van der Waals surface area contributed by atoms with Gasteiger partial charge in [0.05, 0.1) is 23.3 Å². The van der Waals surface area contributed by atoms with Crippen molar-refractivity contribution in [2.75, 3.05) is 20.3 Å². The molecule has 0 bridgehead atoms. The van der Waals surface area contributed by atoms with Crippen LogP contribution < -0.4 is 0 Å². The van der Waals surface area contributed by atoms with E-state index in [1.54, 1.807) is 11.9 Å². The average Bonchev–Trinajstić information content (AvgIpc) is 2.87. The maximum atomic E-state index is 11.8. The summed E-state index contributed by atoms with van der Waals surface area (Å²) in [7, 11) is 1.80. The van der Waals surface area contributed by atoms with Crippen molar-refractivity contribution in [2.45, 2.75) is 43.5 Å². The Morgan fingerprint density at radius 3 is 2.85 bits per heavy atom. The second-order valence-corrected chi connectivity index (χ2v) is 7.11. The van der Waals surface area contributed by atoms with E-state index in [1.807, 2.05) is 13.1 Å². The van der Waals surface area contributed by atoms with Gasteiger partial charge in [0.25, 0.3) is 0 Å². The highest BCUT2D eigenvalue weighted by atomic mass is 79.9. The summed E-state index contributed by atoms with van der Waals surface area (Å²) >= 11 is 3.30. The van der Waals surface area contributed by atoms with Gasteiger partial charge in [-0.25, -0.2) is 4.98 Å². The van der Waals surface area contributed by atoms with Crippen molar-refractivity contribution in [2.24, 2.45) is 0 Å². The third kappa shape index (κ3) is 3.41. The van der Waals surface area contributed by atoms with Crippen LogP contribution >= 0.6 is 15.9 Å². The van der Waals surface area contributed by atoms with E-state index in [9.17, 15) is 4.79 Å². The predicted molar refractivity (Wildman–Crippen MR) is 80.9 cm³/mol. The van der Waals surface area contributed by atoms with Crippen LogP contribution in [0.1, 0.15) is 38.2 Å². The molecule has 1 unspecified atom stereocenters. The molecule has 20 heavy (non-hydrogen) atoms. The first kappa shape index (κ1) is 15.5. The molecule has 1 aromatic heterocycles. The van der Waals surface area contributed by atoms with Gasteiger partial charge in [-0.15, -0.1) is 0 Å². The number of nitrogens with zero attached hydrogens (tertiary/aromatic N) is 2. The van der Waals surface area contributed by atoms with Crippen LogP contribution in [0.25, 0.3) is 0 Å². The van der Waals surface area contributed by atoms with E-state index in [0.717, 1.165) is 37.6 Å². The summed E-state index contributed by atoms with van der Waals surface area (Å²) in [4.78, 5) is 21.3. The van der Waals surface area contributed by atoms with Gasteiger partial charge in [0, 0.05) is 25.7 Å². The third-order valence-electron chi connectivity index (χ3n) is 3.92. The van der Waals surface area contributed by atoms with E-state index in [1.165, 1.54) is 0 Å². The molecule has 1 fully saturated rings. The Balaban J connectivity index is 2.03. The highest BCUT2D eigenvalue weighted by Crippen LogP contribution is 2.32. The molecule has 0 aliphatic carbocycles. The maximum Gasteiger partial charge on any atom is 0.236 e. The number of hydrogen-bond acceptors (Lipinski definition) is 3. The zero-order valence-electron chi connectivity index (χ0n) is 12.3. The number of nitrogens with one attached hydrogen (secondary N) is 1. The van der Waals surface area contributed by atoms with E-state index < -0.39 is 0 Å². The monoisotopic (exact) mass is 343 g/mol. The summed E-state index contributed by atoms with van der Waals surface area (Å²) in [5, 5.41) is 0. The molecule has 1 aliphatic heterocycles. The normalized spacial score (nSPS) is 19.6. The summed E-state index contributed by atoms with van der Waals surface area (Å²) in [5.74, 6) is 1.07. The molecular formula is C14H22BrN3O2. The van der Waals surface area contributed by atoms with Crippen LogP contribution in [0, 0.1) is 0 Å². The van der Waals surface area contributed by atoms with Gasteiger partial charge in [-0.3, -0.25) is 4.79 Å². The second-order valence-electron chi connectivity index (χ2n) is 5.74. The van der Waals surface area contributed by atoms with Crippen molar-refractivity contribution in [3.8, 4) is 0 Å². The Morgan fingerprint density at radius 1 is 1.60 bits per heavy atom. The first-order chi connectivity index (χ1) is 9.42. The average molecular weight is 344 g/mol. The number of halogens is 1. The van der Waals surface area contributed by atoms with E-state index in [2.05, 4.69) is 32.8 Å². The van der Waals surface area contributed by atoms with Crippen LogP contribution in [-0.4, -0.2) is 45.9 Å². The number of aromatic nitrogens is 2. The second kappa shape index (κ2) is 6.26. The molecule has 0 spiro atoms. The maximum absolute atomic E-state index is 11.8. The van der Waals surface area contributed by atoms with E-state index >= 15 is 0 Å². The predicted octanol–water partition coefficient (Wildman–Crippen LogP) is 2.22. The first-order valence-corrected chi connectivity index (χ1v) is 7.85. The van der Waals surface area contributed by atoms with Crippen molar-refractivity contribution in [3.63, 3.8) is 0 Å². The van der Waals surface area contributed by atoms with Gasteiger partial charge >= 0.3 is 0 Å². The van der Waals surface area contributed by atoms with Crippen molar-refractivity contribution < 1.29 is 9.53 Å². The fourth-order valence-electron chi connectivity index (χ4n) is 2.44. The Hall–Kier alpha value is -0.880. The molecule has 1 aliphatic rings. The Morgan fingerprint density at radius 2 is 2.25 bits per heavy atom. The minimum absolute atomic E-state index is 0.0573. The fourth-order valence-corrected chi connectivity index (χ4v) is 2.79. The quantitative estimate of drug-likeness (QED) is 0.852. The number of carbonyl (C=O) groups excluding carboxylic acids is 1. The zero-order valence-corrected chi connectivity index (χ0v) is 13.9. The first-order valence-electron chi connectivity index (χ1n) is 6.93. The van der Waals surface area contributed by atoms with Crippen molar-refractivity contribution in [3.05, 3.63) is 17.7 Å². The lowest BCUT2D eigenvalue weighted by atomic mass is 9.82. The molecular weight excluding hydrogens is 322 g/mol. The number of carbonyl (C=O) groups is 1. The van der Waals surface area contributed by atoms with E-state index in [0.29, 0.717) is 6.54 Å². The molecule has 2 heterocycles. The van der Waals surface area contributed by atoms with Crippen molar-refractivity contribution in [1.29, 1.82) is 0 Å². The number of rotatable bonds is 4. The van der Waals surface area contributed by atoms with Gasteiger partial charge in [-0.1, -0.05) is 22.9 Å². The van der Waals surface area contributed by atoms with Crippen LogP contribution in [0.4, 0.5) is 0 Å². The lowest BCUT2D eigenvalue weighted by molar-refractivity contribution is -0.129. The topological polar surface area (TPSA) is 58.2 Å². The van der Waals surface area contributed by atoms with Gasteiger partial charge < -0.3 is 14.6 Å². The number of H-pyrrole nitrogens is 1. The third-order valence-corrected chi connectivity index (χ3v) is 4.31. The minimum Gasteiger partial charge on any atom is -0.381 e. The minimum atomic E-state index is -0.164. The molecule has 0 radical (unpaired) electrons. The SMILES string of the molecule is CC(Br)C(=O)N(C)Cc1cnc(C2(C)CCOCC2)[nH]1. The Bertz CT molecular complexity index is 467. The molecule has 6 heteroatoms. The molecule has 1 atom stereocenters. The van der Waals surface area contributed by atoms with Gasteiger partial charge in [-0.2, -0.15) is 0 Å². The number of hydrogen-bond donors (Lipinski definition) is 1. The summed E-state index contributed by atoms with van der Waals surface area (Å²) in [6.45, 7) is 6.17. The number of amides is 1. The summed E-state index contributed by atoms with van der Waals surface area (Å²) in [6.07, 6.45) is 3.79. The fraction of sp³-hybridized carbons (Fsp3) is 0.714. The summed E-state index contributed by atoms with van der Waals surface area (Å²) in [5.41, 5.74) is 1.03. The highest BCUT2D eigenvalue weighted by molar-refractivity contribution is 9.10. The van der Waals surface area contributed by atoms with Crippen LogP contribution in [0.5, 0.6) is 0 Å². The molecule has 0 saturated carbocycles. The van der Waals surface area contributed by atoms with Gasteiger partial charge in [-0.05, 0) is 19.8 Å². The Kier molecular flexibility index (Phi) is 4.86. The van der Waals surface area contributed by atoms with Crippen molar-refractivity contribution >= 4 is 21.8 Å². The van der Waals surface area contributed by atoms with Gasteiger partial charge in [0.1, 0.15) is 5.82 Å². The number of ether oxygens (including phenoxy) is 1. The molecule has 5 nitrogen and oxygen atoms in total. The summed E-state index contributed by atoms with van der Waals surface area (Å²) < 4.78 is 5.42. The standard InChI is InChI=1S/C14H22BrN3O2/c1-10(15)12(19)18(3)9-11-8-16-13(17-11)14(2)4-6-20-7-5-14/h8,10H,4-7,9H2,1-3H3,(H,16,17). The van der Waals surface area contributed by atoms with Gasteiger partial charge in [0.2, 0.25) is 5.91 Å². The molecule has 1 aromatic rings. The van der Waals surface area contributed by atoms with E-state index in [-0.39, 0.29) is 16.1 Å². The molecule has 0 aromatic carbocycles. The smallest absolute Gasteiger partial charge is 0.236 e. The number of imidazole rings is 1. The van der Waals surface area contributed by atoms with Crippen molar-refractivity contribution in [1.82, 2.24) is 14.9 Å². The molecule has 1 saturated heterocycles. The summed E-state index contributed by atoms with van der Waals surface area (Å²) in [6, 6.07) is 0. The lowest BCUT2D eigenvalue weighted by Gasteiger charge is -2.31. The van der Waals surface area contributed by atoms with E-state index in [4.69, 9.17) is 4.74 Å². The molecule has 2 rings (SSSR count). The molecule has 1 amide bonds. The van der Waals surface area contributed by atoms with Gasteiger partial charge in [0.15, 0.2) is 0 Å². The molecule has 112 valence electrons. The Labute approximate surface area is 128 Å². The lowest BCUT2D eigenvalue weighted by Crippen LogP contribution is -2.32. The molecule has 1 N–H and O–H groups in total. The number of aromatic amines is 1. The van der Waals surface area contributed by atoms with Crippen LogP contribution in [0.2, 0.25) is 0 Å². The van der Waals surface area contributed by atoms with Crippen LogP contribution in [0.15, 0.2) is 6.20 Å². The largest absolute Gasteiger partial charge is 0.381 e.